The van der Waals surface area contributed by atoms with E-state index < -0.39 is 15.4 Å². The lowest BCUT2D eigenvalue weighted by Crippen LogP contribution is -2.38. The van der Waals surface area contributed by atoms with Crippen molar-refractivity contribution in [3.05, 3.63) is 0 Å². The van der Waals surface area contributed by atoms with Gasteiger partial charge in [-0.05, 0) is 6.42 Å². The van der Waals surface area contributed by atoms with Crippen LogP contribution in [0.15, 0.2) is 0 Å². The van der Waals surface area contributed by atoms with Gasteiger partial charge in [0.15, 0.2) is 9.84 Å². The van der Waals surface area contributed by atoms with Gasteiger partial charge >= 0.3 is 0 Å². The van der Waals surface area contributed by atoms with Crippen LogP contribution in [0.4, 0.5) is 0 Å². The average Bonchev–Trinajstić information content (AvgIpc) is 2.65. The molecule has 0 aromatic rings. The Hall–Kier alpha value is -0.130. The summed E-state index contributed by atoms with van der Waals surface area (Å²) in [5, 5.41) is -0.384. The summed E-state index contributed by atoms with van der Waals surface area (Å²) < 4.78 is 22.4. The molecule has 0 unspecified atom stereocenters. The molecular formula is C6H14N2O2S. The second-order valence-corrected chi connectivity index (χ2v) is 5.55. The first-order valence-corrected chi connectivity index (χ1v) is 5.38. The molecule has 0 amide bonds. The molecule has 0 spiro atoms. The van der Waals surface area contributed by atoms with Gasteiger partial charge in [0.05, 0.1) is 5.25 Å². The van der Waals surface area contributed by atoms with Gasteiger partial charge in [0.1, 0.15) is 0 Å². The third kappa shape index (κ3) is 1.40. The van der Waals surface area contributed by atoms with Crippen LogP contribution in [0, 0.1) is 0 Å². The third-order valence-electron chi connectivity index (χ3n) is 2.26. The summed E-state index contributed by atoms with van der Waals surface area (Å²) in [5.74, 6) is 0.163. The predicted octanol–water partition coefficient (Wildman–Crippen LogP) is -1.15. The Morgan fingerprint density at radius 2 is 2.18 bits per heavy atom. The van der Waals surface area contributed by atoms with Crippen molar-refractivity contribution in [3.63, 3.8) is 0 Å². The highest BCUT2D eigenvalue weighted by Gasteiger charge is 2.56. The van der Waals surface area contributed by atoms with E-state index in [0.717, 1.165) is 0 Å². The summed E-state index contributed by atoms with van der Waals surface area (Å²) in [7, 11) is -2.95. The zero-order valence-corrected chi connectivity index (χ0v) is 7.39. The molecule has 1 fully saturated rings. The van der Waals surface area contributed by atoms with Crippen LogP contribution in [0.3, 0.4) is 0 Å². The Morgan fingerprint density at radius 1 is 1.64 bits per heavy atom. The minimum absolute atomic E-state index is 0.163. The fraction of sp³-hybridized carbons (Fsp3) is 1.00. The number of rotatable bonds is 3. The topological polar surface area (TPSA) is 86.2 Å². The van der Waals surface area contributed by atoms with Crippen molar-refractivity contribution < 1.29 is 8.42 Å². The normalized spacial score (nSPS) is 37.2. The standard InChI is InChI=1S/C6H14N2O2S/c1-2-11(9,10)5-3-6(5,8)4-7/h5H,2-4,7-8H2,1H3/t5-,6+/m0/s1. The quantitative estimate of drug-likeness (QED) is 0.571. The number of nitrogens with two attached hydrogens (primary N) is 2. The Bertz CT molecular complexity index is 249. The van der Waals surface area contributed by atoms with Crippen molar-refractivity contribution in [1.82, 2.24) is 0 Å². The molecule has 1 saturated carbocycles. The summed E-state index contributed by atoms with van der Waals surface area (Å²) in [6, 6.07) is 0. The zero-order chi connectivity index (χ0) is 8.70. The minimum Gasteiger partial charge on any atom is -0.329 e. The summed E-state index contributed by atoms with van der Waals surface area (Å²) in [6.07, 6.45) is 0.527. The Labute approximate surface area is 66.9 Å². The summed E-state index contributed by atoms with van der Waals surface area (Å²) in [4.78, 5) is 0. The van der Waals surface area contributed by atoms with E-state index in [-0.39, 0.29) is 17.5 Å². The Balaban J connectivity index is 2.71. The molecule has 1 aliphatic rings. The molecule has 0 saturated heterocycles. The molecule has 0 radical (unpaired) electrons. The van der Waals surface area contributed by atoms with Gasteiger partial charge in [-0.25, -0.2) is 8.42 Å². The van der Waals surface area contributed by atoms with Gasteiger partial charge in [-0.15, -0.1) is 0 Å². The molecule has 4 nitrogen and oxygen atoms in total. The summed E-state index contributed by atoms with van der Waals surface area (Å²) >= 11 is 0. The van der Waals surface area contributed by atoms with Crippen LogP contribution in [-0.4, -0.2) is 31.5 Å². The number of hydrogen-bond acceptors (Lipinski definition) is 4. The van der Waals surface area contributed by atoms with E-state index in [1.54, 1.807) is 6.92 Å². The van der Waals surface area contributed by atoms with Gasteiger partial charge in [-0.2, -0.15) is 0 Å². The fourth-order valence-electron chi connectivity index (χ4n) is 1.19. The first-order chi connectivity index (χ1) is 4.96. The van der Waals surface area contributed by atoms with Crippen LogP contribution >= 0.6 is 0 Å². The van der Waals surface area contributed by atoms with E-state index in [2.05, 4.69) is 0 Å². The van der Waals surface area contributed by atoms with Gasteiger partial charge in [0.2, 0.25) is 0 Å². The van der Waals surface area contributed by atoms with Crippen molar-refractivity contribution in [2.75, 3.05) is 12.3 Å². The molecule has 2 atom stereocenters. The molecular weight excluding hydrogens is 164 g/mol. The number of sulfone groups is 1. The molecule has 0 aromatic carbocycles. The molecule has 0 bridgehead atoms. The monoisotopic (exact) mass is 178 g/mol. The Morgan fingerprint density at radius 3 is 2.45 bits per heavy atom. The molecule has 66 valence electrons. The van der Waals surface area contributed by atoms with Crippen LogP contribution in [0.5, 0.6) is 0 Å². The van der Waals surface area contributed by atoms with Crippen molar-refractivity contribution in [3.8, 4) is 0 Å². The predicted molar refractivity (Wildman–Crippen MR) is 43.8 cm³/mol. The van der Waals surface area contributed by atoms with Gasteiger partial charge in [-0.3, -0.25) is 0 Å². The SMILES string of the molecule is CCS(=O)(=O)[C@H]1C[C@@]1(N)CN. The van der Waals surface area contributed by atoms with E-state index in [9.17, 15) is 8.42 Å². The number of hydrogen-bond donors (Lipinski definition) is 2. The van der Waals surface area contributed by atoms with E-state index in [0.29, 0.717) is 6.42 Å². The summed E-state index contributed by atoms with van der Waals surface area (Å²) in [6.45, 7) is 1.89. The lowest BCUT2D eigenvalue weighted by molar-refractivity contribution is 0.587. The van der Waals surface area contributed by atoms with Crippen LogP contribution in [0.1, 0.15) is 13.3 Å². The highest BCUT2D eigenvalue weighted by Crippen LogP contribution is 2.38. The van der Waals surface area contributed by atoms with Crippen molar-refractivity contribution >= 4 is 9.84 Å². The molecule has 0 heterocycles. The summed E-state index contributed by atoms with van der Waals surface area (Å²) in [5.41, 5.74) is 10.4. The molecule has 0 aromatic heterocycles. The molecule has 1 aliphatic carbocycles. The van der Waals surface area contributed by atoms with Crippen LogP contribution in [0.2, 0.25) is 0 Å². The largest absolute Gasteiger partial charge is 0.329 e. The average molecular weight is 178 g/mol. The maximum absolute atomic E-state index is 11.2. The first kappa shape index (κ1) is 8.96. The maximum atomic E-state index is 11.2. The highest BCUT2D eigenvalue weighted by molar-refractivity contribution is 7.92. The molecule has 4 N–H and O–H groups in total. The molecule has 5 heteroatoms. The zero-order valence-electron chi connectivity index (χ0n) is 6.58. The molecule has 1 rings (SSSR count). The fourth-order valence-corrected chi connectivity index (χ4v) is 2.96. The van der Waals surface area contributed by atoms with E-state index in [1.807, 2.05) is 0 Å². The Kier molecular flexibility index (Phi) is 1.98. The van der Waals surface area contributed by atoms with E-state index in [1.165, 1.54) is 0 Å². The lowest BCUT2D eigenvalue weighted by atomic mass is 10.3. The van der Waals surface area contributed by atoms with Crippen molar-refractivity contribution in [1.29, 1.82) is 0 Å². The minimum atomic E-state index is -2.95. The van der Waals surface area contributed by atoms with Crippen LogP contribution in [-0.2, 0) is 9.84 Å². The smallest absolute Gasteiger partial charge is 0.154 e. The van der Waals surface area contributed by atoms with Gasteiger partial charge in [-0.1, -0.05) is 6.92 Å². The van der Waals surface area contributed by atoms with Crippen molar-refractivity contribution in [2.24, 2.45) is 11.5 Å². The van der Waals surface area contributed by atoms with Crippen LogP contribution < -0.4 is 11.5 Å². The molecule has 0 aliphatic heterocycles. The van der Waals surface area contributed by atoms with Crippen LogP contribution in [0.25, 0.3) is 0 Å². The molecule has 11 heavy (non-hydrogen) atoms. The first-order valence-electron chi connectivity index (χ1n) is 3.67. The maximum Gasteiger partial charge on any atom is 0.154 e. The van der Waals surface area contributed by atoms with E-state index in [4.69, 9.17) is 11.5 Å². The van der Waals surface area contributed by atoms with Gasteiger partial charge in [0.25, 0.3) is 0 Å². The highest BCUT2D eigenvalue weighted by atomic mass is 32.2. The van der Waals surface area contributed by atoms with Gasteiger partial charge < -0.3 is 11.5 Å². The second kappa shape index (κ2) is 2.43. The second-order valence-electron chi connectivity index (χ2n) is 3.08. The van der Waals surface area contributed by atoms with E-state index >= 15 is 0 Å². The van der Waals surface area contributed by atoms with Gasteiger partial charge in [0, 0.05) is 17.8 Å². The third-order valence-corrected chi connectivity index (χ3v) is 4.57. The lowest BCUT2D eigenvalue weighted by Gasteiger charge is -2.06. The van der Waals surface area contributed by atoms with Crippen molar-refractivity contribution in [2.45, 2.75) is 24.1 Å².